The van der Waals surface area contributed by atoms with Gasteiger partial charge in [0, 0.05) is 5.03 Å². The maximum Gasteiger partial charge on any atom is 0.306 e. The largest absolute Gasteiger partial charge is 0.466 e. The van der Waals surface area contributed by atoms with E-state index in [9.17, 15) is 4.79 Å². The first-order chi connectivity index (χ1) is 8.19. The van der Waals surface area contributed by atoms with Gasteiger partial charge in [0.05, 0.1) is 18.4 Å². The van der Waals surface area contributed by atoms with Crippen LogP contribution in [0.15, 0.2) is 21.7 Å². The number of ether oxygens (including phenoxy) is 1. The van der Waals surface area contributed by atoms with Crippen molar-refractivity contribution in [3.8, 4) is 0 Å². The number of alkyl halides is 1. The summed E-state index contributed by atoms with van der Waals surface area (Å²) in [5.41, 5.74) is -0.486. The predicted octanol–water partition coefficient (Wildman–Crippen LogP) is 5.01. The van der Waals surface area contributed by atoms with Crippen LogP contribution >= 0.6 is 46.4 Å². The first kappa shape index (κ1) is 18.1. The fourth-order valence-corrected chi connectivity index (χ4v) is 2.06. The van der Waals surface area contributed by atoms with Gasteiger partial charge in [0.15, 0.2) is 0 Å². The molecule has 0 aliphatic heterocycles. The van der Waals surface area contributed by atoms with E-state index in [1.807, 2.05) is 13.8 Å². The first-order valence-electron chi connectivity index (χ1n) is 5.38. The van der Waals surface area contributed by atoms with E-state index in [0.29, 0.717) is 11.6 Å². The number of rotatable bonds is 6. The molecule has 0 N–H and O–H groups in total. The van der Waals surface area contributed by atoms with Crippen LogP contribution < -0.4 is 0 Å². The molecule has 0 saturated heterocycles. The number of hydrogen-bond donors (Lipinski definition) is 0. The third kappa shape index (κ3) is 7.52. The summed E-state index contributed by atoms with van der Waals surface area (Å²) in [6.45, 7) is 5.82. The Bertz CT molecular complexity index is 344. The Balaban J connectivity index is 4.70. The van der Waals surface area contributed by atoms with E-state index in [4.69, 9.17) is 51.1 Å². The molecule has 0 heterocycles. The number of halogens is 4. The van der Waals surface area contributed by atoms with E-state index in [2.05, 4.69) is 0 Å². The molecule has 0 aliphatic rings. The molecule has 0 spiro atoms. The minimum absolute atomic E-state index is 0.0447. The molecule has 0 aromatic rings. The Morgan fingerprint density at radius 1 is 1.33 bits per heavy atom. The van der Waals surface area contributed by atoms with Gasteiger partial charge in [0.25, 0.3) is 0 Å². The Labute approximate surface area is 128 Å². The molecular formula is C12H16Cl4O2. The molecule has 6 heteroatoms. The zero-order valence-electron chi connectivity index (χ0n) is 10.5. The predicted molar refractivity (Wildman–Crippen MR) is 78.4 cm³/mol. The SMILES string of the molecule is CCOC(=O)CC(C)(C)C(Cl)/C=C(\Cl)C=C(Cl)Cl. The fourth-order valence-electron chi connectivity index (χ4n) is 1.20. The second-order valence-electron chi connectivity index (χ2n) is 4.36. The number of carbonyl (C=O) groups excluding carboxylic acids is 1. The maximum atomic E-state index is 11.4. The third-order valence-electron chi connectivity index (χ3n) is 2.20. The average molecular weight is 334 g/mol. The molecular weight excluding hydrogens is 318 g/mol. The highest BCUT2D eigenvalue weighted by molar-refractivity contribution is 6.56. The van der Waals surface area contributed by atoms with Gasteiger partial charge >= 0.3 is 5.97 Å². The van der Waals surface area contributed by atoms with E-state index in [1.54, 1.807) is 13.0 Å². The molecule has 0 saturated carbocycles. The van der Waals surface area contributed by atoms with Crippen molar-refractivity contribution in [2.75, 3.05) is 6.61 Å². The van der Waals surface area contributed by atoms with Crippen molar-refractivity contribution in [1.82, 2.24) is 0 Å². The molecule has 0 rings (SSSR count). The lowest BCUT2D eigenvalue weighted by Crippen LogP contribution is -2.27. The number of allylic oxidation sites excluding steroid dienone is 3. The van der Waals surface area contributed by atoms with Gasteiger partial charge in [-0.25, -0.2) is 0 Å². The van der Waals surface area contributed by atoms with Crippen LogP contribution in [-0.2, 0) is 9.53 Å². The smallest absolute Gasteiger partial charge is 0.306 e. The van der Waals surface area contributed by atoms with Crippen LogP contribution in [0.1, 0.15) is 27.2 Å². The van der Waals surface area contributed by atoms with Crippen LogP contribution in [0.5, 0.6) is 0 Å². The molecule has 0 aliphatic carbocycles. The fraction of sp³-hybridized carbons (Fsp3) is 0.583. The molecule has 104 valence electrons. The summed E-state index contributed by atoms with van der Waals surface area (Å²) in [4.78, 5) is 11.4. The summed E-state index contributed by atoms with van der Waals surface area (Å²) < 4.78 is 4.94. The van der Waals surface area contributed by atoms with Crippen molar-refractivity contribution >= 4 is 52.4 Å². The number of carbonyl (C=O) groups is 1. The van der Waals surface area contributed by atoms with Gasteiger partial charge in [-0.1, -0.05) is 48.7 Å². The van der Waals surface area contributed by atoms with Crippen LogP contribution in [0.25, 0.3) is 0 Å². The first-order valence-corrected chi connectivity index (χ1v) is 6.95. The van der Waals surface area contributed by atoms with Crippen molar-refractivity contribution < 1.29 is 9.53 Å². The molecule has 0 amide bonds. The van der Waals surface area contributed by atoms with Crippen molar-refractivity contribution in [3.05, 3.63) is 21.7 Å². The van der Waals surface area contributed by atoms with E-state index < -0.39 is 10.8 Å². The van der Waals surface area contributed by atoms with Gasteiger partial charge in [-0.05, 0) is 24.5 Å². The topological polar surface area (TPSA) is 26.3 Å². The van der Waals surface area contributed by atoms with Crippen LogP contribution in [0.2, 0.25) is 0 Å². The standard InChI is InChI=1S/C12H16Cl4O2/c1-4-18-11(17)7-12(2,3)9(14)5-8(13)6-10(15)16/h5-6,9H,4,7H2,1-3H3/b8-5-. The molecule has 0 fully saturated rings. The quantitative estimate of drug-likeness (QED) is 0.388. The Kier molecular flexibility index (Phi) is 8.37. The molecule has 0 aromatic carbocycles. The molecule has 2 nitrogen and oxygen atoms in total. The van der Waals surface area contributed by atoms with Crippen molar-refractivity contribution in [1.29, 1.82) is 0 Å². The minimum Gasteiger partial charge on any atom is -0.466 e. The van der Waals surface area contributed by atoms with Crippen LogP contribution in [0.3, 0.4) is 0 Å². The highest BCUT2D eigenvalue weighted by Crippen LogP contribution is 2.32. The highest BCUT2D eigenvalue weighted by atomic mass is 35.5. The van der Waals surface area contributed by atoms with Gasteiger partial charge < -0.3 is 4.74 Å². The molecule has 0 radical (unpaired) electrons. The van der Waals surface area contributed by atoms with Gasteiger partial charge in [-0.3, -0.25) is 4.79 Å². The second-order valence-corrected chi connectivity index (χ2v) is 6.27. The zero-order valence-corrected chi connectivity index (χ0v) is 13.5. The average Bonchev–Trinajstić information content (AvgIpc) is 2.14. The summed E-state index contributed by atoms with van der Waals surface area (Å²) in [5, 5.41) is -0.120. The van der Waals surface area contributed by atoms with Crippen molar-refractivity contribution in [3.63, 3.8) is 0 Å². The minimum atomic E-state index is -0.486. The van der Waals surface area contributed by atoms with Crippen LogP contribution in [0, 0.1) is 5.41 Å². The molecule has 18 heavy (non-hydrogen) atoms. The Hall–Kier alpha value is 0.110. The van der Waals surface area contributed by atoms with E-state index in [-0.39, 0.29) is 16.9 Å². The molecule has 1 unspecified atom stereocenters. The number of esters is 1. The Morgan fingerprint density at radius 3 is 2.33 bits per heavy atom. The van der Waals surface area contributed by atoms with Gasteiger partial charge in [0.2, 0.25) is 0 Å². The zero-order chi connectivity index (χ0) is 14.3. The Morgan fingerprint density at radius 2 is 1.89 bits per heavy atom. The molecule has 0 aromatic heterocycles. The monoisotopic (exact) mass is 332 g/mol. The van der Waals surface area contributed by atoms with Crippen molar-refractivity contribution in [2.24, 2.45) is 5.41 Å². The lowest BCUT2D eigenvalue weighted by molar-refractivity contribution is -0.145. The highest BCUT2D eigenvalue weighted by Gasteiger charge is 2.30. The summed E-state index contributed by atoms with van der Waals surface area (Å²) in [5.74, 6) is -0.288. The maximum absolute atomic E-state index is 11.4. The lowest BCUT2D eigenvalue weighted by Gasteiger charge is -2.27. The van der Waals surface area contributed by atoms with Crippen LogP contribution in [-0.4, -0.2) is 18.0 Å². The summed E-state index contributed by atoms with van der Waals surface area (Å²) >= 11 is 23.1. The normalized spacial score (nSPS) is 14.1. The van der Waals surface area contributed by atoms with Gasteiger partial charge in [-0.15, -0.1) is 11.6 Å². The van der Waals surface area contributed by atoms with Gasteiger partial charge in [-0.2, -0.15) is 0 Å². The van der Waals surface area contributed by atoms with E-state index in [0.717, 1.165) is 0 Å². The van der Waals surface area contributed by atoms with E-state index >= 15 is 0 Å². The summed E-state index contributed by atoms with van der Waals surface area (Å²) in [7, 11) is 0. The third-order valence-corrected chi connectivity index (χ3v) is 3.37. The molecule has 0 bridgehead atoms. The summed E-state index contributed by atoms with van der Waals surface area (Å²) in [6, 6.07) is 0. The lowest BCUT2D eigenvalue weighted by atomic mass is 9.85. The summed E-state index contributed by atoms with van der Waals surface area (Å²) in [6.07, 6.45) is 3.17. The van der Waals surface area contributed by atoms with Crippen LogP contribution in [0.4, 0.5) is 0 Å². The van der Waals surface area contributed by atoms with E-state index in [1.165, 1.54) is 6.08 Å². The van der Waals surface area contributed by atoms with Crippen molar-refractivity contribution in [2.45, 2.75) is 32.6 Å². The number of hydrogen-bond acceptors (Lipinski definition) is 2. The second kappa shape index (κ2) is 8.31. The molecule has 1 atom stereocenters. The van der Waals surface area contributed by atoms with Gasteiger partial charge in [0.1, 0.15) is 4.49 Å².